The standard InChI is InChI=1S/C25H36N2O3/c1-24(2,3)14-18-15-27-10-5-17-11-23(30-16-25(6-7-25)8-9-26)22(29-4)12-19(17)20(27)13-21(18)28/h11-12,18,20-21,28H,5-8,10,13-16H2,1-4H3/t18-,20-,21-/m1/s1. The second-order valence-electron chi connectivity index (χ2n) is 10.9. The highest BCUT2D eigenvalue weighted by Crippen LogP contribution is 2.50. The van der Waals surface area contributed by atoms with Gasteiger partial charge in [-0.1, -0.05) is 20.8 Å². The van der Waals surface area contributed by atoms with E-state index in [9.17, 15) is 5.11 Å². The maximum absolute atomic E-state index is 10.9. The van der Waals surface area contributed by atoms with Gasteiger partial charge in [0.2, 0.25) is 0 Å². The van der Waals surface area contributed by atoms with Crippen LogP contribution in [0.4, 0.5) is 0 Å². The van der Waals surface area contributed by atoms with Gasteiger partial charge in [-0.2, -0.15) is 5.26 Å². The Morgan fingerprint density at radius 2 is 2.03 bits per heavy atom. The first-order valence-corrected chi connectivity index (χ1v) is 11.4. The van der Waals surface area contributed by atoms with Gasteiger partial charge in [0.25, 0.3) is 0 Å². The number of hydrogen-bond donors (Lipinski definition) is 1. The molecule has 2 fully saturated rings. The maximum atomic E-state index is 10.9. The Balaban J connectivity index is 1.52. The van der Waals surface area contributed by atoms with Crippen molar-refractivity contribution in [3.63, 3.8) is 0 Å². The second kappa shape index (κ2) is 8.05. The predicted molar refractivity (Wildman–Crippen MR) is 117 cm³/mol. The second-order valence-corrected chi connectivity index (χ2v) is 10.9. The number of piperidine rings is 1. The van der Waals surface area contributed by atoms with E-state index in [2.05, 4.69) is 43.9 Å². The van der Waals surface area contributed by atoms with Crippen LogP contribution in [-0.4, -0.2) is 42.9 Å². The van der Waals surface area contributed by atoms with Crippen LogP contribution in [0, 0.1) is 28.1 Å². The molecule has 0 aromatic heterocycles. The van der Waals surface area contributed by atoms with Crippen LogP contribution in [0.1, 0.15) is 70.0 Å². The van der Waals surface area contributed by atoms with Gasteiger partial charge in [-0.25, -0.2) is 0 Å². The number of ether oxygens (including phenoxy) is 2. The Bertz CT molecular complexity index is 819. The molecule has 30 heavy (non-hydrogen) atoms. The summed E-state index contributed by atoms with van der Waals surface area (Å²) >= 11 is 0. The number of benzene rings is 1. The molecular weight excluding hydrogens is 376 g/mol. The molecule has 0 spiro atoms. The van der Waals surface area contributed by atoms with Gasteiger partial charge in [0.1, 0.15) is 0 Å². The summed E-state index contributed by atoms with van der Waals surface area (Å²) in [5, 5.41) is 20.0. The zero-order chi connectivity index (χ0) is 21.5. The molecule has 5 nitrogen and oxygen atoms in total. The molecule has 3 aliphatic rings. The average molecular weight is 413 g/mol. The minimum absolute atomic E-state index is 0.0437. The van der Waals surface area contributed by atoms with E-state index >= 15 is 0 Å². The molecule has 0 amide bonds. The van der Waals surface area contributed by atoms with Crippen LogP contribution < -0.4 is 9.47 Å². The molecule has 4 rings (SSSR count). The number of aliphatic hydroxyl groups excluding tert-OH is 1. The zero-order valence-electron chi connectivity index (χ0n) is 18.9. The molecule has 1 N–H and O–H groups in total. The van der Waals surface area contributed by atoms with Gasteiger partial charge in [-0.05, 0) is 66.7 Å². The molecule has 0 bridgehead atoms. The summed E-state index contributed by atoms with van der Waals surface area (Å²) < 4.78 is 11.8. The fraction of sp³-hybridized carbons (Fsp3) is 0.720. The highest BCUT2D eigenvalue weighted by Gasteiger charge is 2.44. The largest absolute Gasteiger partial charge is 0.493 e. The maximum Gasteiger partial charge on any atom is 0.161 e. The van der Waals surface area contributed by atoms with Crippen molar-refractivity contribution in [1.82, 2.24) is 4.90 Å². The van der Waals surface area contributed by atoms with Crippen molar-refractivity contribution in [2.75, 3.05) is 26.8 Å². The fourth-order valence-corrected chi connectivity index (χ4v) is 5.31. The first-order chi connectivity index (χ1) is 14.2. The van der Waals surface area contributed by atoms with E-state index in [1.54, 1.807) is 7.11 Å². The van der Waals surface area contributed by atoms with Crippen molar-refractivity contribution in [3.8, 4) is 17.6 Å². The first-order valence-electron chi connectivity index (χ1n) is 11.4. The van der Waals surface area contributed by atoms with E-state index in [0.29, 0.717) is 18.9 Å². The summed E-state index contributed by atoms with van der Waals surface area (Å²) in [6, 6.07) is 6.81. The van der Waals surface area contributed by atoms with E-state index in [1.807, 2.05) is 0 Å². The van der Waals surface area contributed by atoms with Crippen molar-refractivity contribution in [3.05, 3.63) is 23.3 Å². The fourth-order valence-electron chi connectivity index (χ4n) is 5.31. The van der Waals surface area contributed by atoms with Crippen LogP contribution in [0.2, 0.25) is 0 Å². The Hall–Kier alpha value is -1.77. The summed E-state index contributed by atoms with van der Waals surface area (Å²) in [4.78, 5) is 2.55. The SMILES string of the molecule is COc1cc2c(cc1OCC1(CC#N)CC1)CCN1C[C@@H](CC(C)(C)C)[C@H](O)C[C@H]21. The summed E-state index contributed by atoms with van der Waals surface area (Å²) in [5.41, 5.74) is 2.85. The Morgan fingerprint density at radius 3 is 2.67 bits per heavy atom. The van der Waals surface area contributed by atoms with Crippen LogP contribution >= 0.6 is 0 Å². The average Bonchev–Trinajstić information content (AvgIpc) is 3.45. The summed E-state index contributed by atoms with van der Waals surface area (Å²) in [6.45, 7) is 9.33. The lowest BCUT2D eigenvalue weighted by molar-refractivity contribution is -0.0259. The molecule has 164 valence electrons. The number of fused-ring (bicyclic) bond motifs is 3. The van der Waals surface area contributed by atoms with E-state index in [4.69, 9.17) is 14.7 Å². The van der Waals surface area contributed by atoms with Crippen LogP contribution in [0.25, 0.3) is 0 Å². The van der Waals surface area contributed by atoms with Gasteiger partial charge in [0.15, 0.2) is 11.5 Å². The van der Waals surface area contributed by atoms with Crippen molar-refractivity contribution in [2.45, 2.75) is 71.4 Å². The summed E-state index contributed by atoms with van der Waals surface area (Å²) in [6.07, 6.45) is 5.25. The lowest BCUT2D eigenvalue weighted by Crippen LogP contribution is -2.48. The highest BCUT2D eigenvalue weighted by molar-refractivity contribution is 5.49. The topological polar surface area (TPSA) is 65.7 Å². The highest BCUT2D eigenvalue weighted by atomic mass is 16.5. The van der Waals surface area contributed by atoms with Crippen molar-refractivity contribution < 1.29 is 14.6 Å². The van der Waals surface area contributed by atoms with Crippen molar-refractivity contribution in [1.29, 1.82) is 5.26 Å². The molecule has 0 unspecified atom stereocenters. The predicted octanol–water partition coefficient (Wildman–Crippen LogP) is 4.48. The van der Waals surface area contributed by atoms with Gasteiger partial charge in [0.05, 0.1) is 25.9 Å². The van der Waals surface area contributed by atoms with Gasteiger partial charge in [0, 0.05) is 31.0 Å². The molecule has 3 atom stereocenters. The van der Waals surface area contributed by atoms with Crippen LogP contribution in [0.15, 0.2) is 12.1 Å². The van der Waals surface area contributed by atoms with Crippen LogP contribution in [0.5, 0.6) is 11.5 Å². The Labute approximate surface area is 181 Å². The first kappa shape index (κ1) is 21.5. The molecule has 2 heterocycles. The summed E-state index contributed by atoms with van der Waals surface area (Å²) in [7, 11) is 1.69. The normalized spacial score (nSPS) is 27.5. The van der Waals surface area contributed by atoms with Crippen LogP contribution in [0.3, 0.4) is 0 Å². The number of aliphatic hydroxyl groups is 1. The number of hydrogen-bond acceptors (Lipinski definition) is 5. The Kier molecular flexibility index (Phi) is 5.76. The van der Waals surface area contributed by atoms with Gasteiger partial charge in [-0.3, -0.25) is 4.90 Å². The number of rotatable bonds is 6. The molecule has 0 radical (unpaired) electrons. The minimum atomic E-state index is -0.265. The molecule has 1 aliphatic carbocycles. The van der Waals surface area contributed by atoms with E-state index in [1.165, 1.54) is 11.1 Å². The van der Waals surface area contributed by atoms with Crippen LogP contribution in [-0.2, 0) is 6.42 Å². The third kappa shape index (κ3) is 4.45. The molecule has 1 saturated carbocycles. The molecule has 2 aliphatic heterocycles. The quantitative estimate of drug-likeness (QED) is 0.746. The van der Waals surface area contributed by atoms with Gasteiger partial charge in [-0.15, -0.1) is 0 Å². The third-order valence-electron chi connectivity index (χ3n) is 7.19. The zero-order valence-corrected chi connectivity index (χ0v) is 18.9. The lowest BCUT2D eigenvalue weighted by Gasteiger charge is -2.47. The molecule has 1 saturated heterocycles. The number of methoxy groups -OCH3 is 1. The van der Waals surface area contributed by atoms with E-state index in [0.717, 1.165) is 56.7 Å². The van der Waals surface area contributed by atoms with Gasteiger partial charge < -0.3 is 14.6 Å². The van der Waals surface area contributed by atoms with Crippen molar-refractivity contribution in [2.24, 2.45) is 16.7 Å². The third-order valence-corrected chi connectivity index (χ3v) is 7.19. The molecule has 1 aromatic carbocycles. The lowest BCUT2D eigenvalue weighted by atomic mass is 9.75. The number of nitriles is 1. The molecular formula is C25H36N2O3. The minimum Gasteiger partial charge on any atom is -0.493 e. The monoisotopic (exact) mass is 412 g/mol. The Morgan fingerprint density at radius 1 is 1.27 bits per heavy atom. The number of nitrogens with zero attached hydrogens (tertiary/aromatic N) is 2. The van der Waals surface area contributed by atoms with Gasteiger partial charge >= 0.3 is 0 Å². The smallest absolute Gasteiger partial charge is 0.161 e. The van der Waals surface area contributed by atoms with E-state index < -0.39 is 0 Å². The van der Waals surface area contributed by atoms with Crippen molar-refractivity contribution >= 4 is 0 Å². The molecule has 5 heteroatoms. The summed E-state index contributed by atoms with van der Waals surface area (Å²) in [5.74, 6) is 1.88. The molecule has 1 aromatic rings. The van der Waals surface area contributed by atoms with E-state index in [-0.39, 0.29) is 23.0 Å².